The van der Waals surface area contributed by atoms with Crippen LogP contribution in [-0.4, -0.2) is 46.8 Å². The number of esters is 1. The fraction of sp³-hybridized carbons (Fsp3) is 0.200. The SMILES string of the molecule is O=C(COC(=O)[C@@H]1CC(=O)N(NC(=O)c2ccccc2[N+](=O)[O-])C1)Nc1ccc(Br)c(Cl)c1. The second-order valence-electron chi connectivity index (χ2n) is 6.91. The second-order valence-corrected chi connectivity index (χ2v) is 8.17. The van der Waals surface area contributed by atoms with E-state index >= 15 is 0 Å². The van der Waals surface area contributed by atoms with E-state index in [0.29, 0.717) is 15.2 Å². The monoisotopic (exact) mass is 538 g/mol. The largest absolute Gasteiger partial charge is 0.455 e. The molecule has 1 atom stereocenters. The lowest BCUT2D eigenvalue weighted by Crippen LogP contribution is -2.43. The fourth-order valence-electron chi connectivity index (χ4n) is 3.01. The molecular formula is C20H16BrClN4O7. The molecule has 0 aromatic heterocycles. The van der Waals surface area contributed by atoms with Gasteiger partial charge in [-0.05, 0) is 40.2 Å². The maximum absolute atomic E-state index is 12.4. The van der Waals surface area contributed by atoms with Crippen LogP contribution in [0.4, 0.5) is 11.4 Å². The van der Waals surface area contributed by atoms with Gasteiger partial charge in [0, 0.05) is 22.6 Å². The standard InChI is InChI=1S/C20H16BrClN4O7/c21-14-6-5-12(8-15(14)22)23-17(27)10-33-20(30)11-7-18(28)25(9-11)24-19(29)13-3-1-2-4-16(13)26(31)32/h1-6,8,11H,7,9-10H2,(H,23,27)(H,24,29)/t11-/m1/s1. The molecule has 13 heteroatoms. The lowest BCUT2D eigenvalue weighted by atomic mass is 10.1. The van der Waals surface area contributed by atoms with E-state index in [1.165, 1.54) is 24.3 Å². The van der Waals surface area contributed by atoms with Gasteiger partial charge in [-0.3, -0.25) is 39.7 Å². The zero-order chi connectivity index (χ0) is 24.1. The fourth-order valence-corrected chi connectivity index (χ4v) is 3.43. The summed E-state index contributed by atoms with van der Waals surface area (Å²) in [5.41, 5.74) is 2.02. The van der Waals surface area contributed by atoms with Gasteiger partial charge in [-0.25, -0.2) is 0 Å². The summed E-state index contributed by atoms with van der Waals surface area (Å²) in [6.07, 6.45) is -0.250. The molecule has 0 aliphatic carbocycles. The third-order valence-corrected chi connectivity index (χ3v) is 5.82. The number of carbonyl (C=O) groups is 4. The summed E-state index contributed by atoms with van der Waals surface area (Å²) in [4.78, 5) is 59.2. The van der Waals surface area contributed by atoms with Gasteiger partial charge >= 0.3 is 5.97 Å². The van der Waals surface area contributed by atoms with Crippen LogP contribution < -0.4 is 10.7 Å². The van der Waals surface area contributed by atoms with Gasteiger partial charge in [0.2, 0.25) is 5.91 Å². The number of carbonyl (C=O) groups excluding carboxylic acids is 4. The summed E-state index contributed by atoms with van der Waals surface area (Å²) in [6.45, 7) is -0.784. The first-order valence-electron chi connectivity index (χ1n) is 9.42. The molecule has 172 valence electrons. The predicted octanol–water partition coefficient (Wildman–Crippen LogP) is 2.69. The molecule has 1 aliphatic heterocycles. The number of ether oxygens (including phenoxy) is 1. The van der Waals surface area contributed by atoms with Crippen molar-refractivity contribution in [2.45, 2.75) is 6.42 Å². The molecule has 11 nitrogen and oxygen atoms in total. The number of nitrogens with zero attached hydrogens (tertiary/aromatic N) is 2. The average Bonchev–Trinajstić information content (AvgIpc) is 3.14. The third kappa shape index (κ3) is 6.05. The number of halogens is 2. The van der Waals surface area contributed by atoms with E-state index < -0.39 is 46.8 Å². The van der Waals surface area contributed by atoms with Crippen molar-refractivity contribution in [3.63, 3.8) is 0 Å². The molecule has 33 heavy (non-hydrogen) atoms. The van der Waals surface area contributed by atoms with Gasteiger partial charge in [0.1, 0.15) is 5.56 Å². The lowest BCUT2D eigenvalue weighted by molar-refractivity contribution is -0.385. The highest BCUT2D eigenvalue weighted by atomic mass is 79.9. The average molecular weight is 540 g/mol. The van der Waals surface area contributed by atoms with Gasteiger partial charge in [-0.2, -0.15) is 0 Å². The number of nitro groups is 1. The van der Waals surface area contributed by atoms with Crippen molar-refractivity contribution in [1.29, 1.82) is 0 Å². The van der Waals surface area contributed by atoms with Crippen LogP contribution in [0.3, 0.4) is 0 Å². The minimum absolute atomic E-state index is 0.200. The molecule has 2 aromatic carbocycles. The Hall–Kier alpha value is -3.51. The highest BCUT2D eigenvalue weighted by molar-refractivity contribution is 9.10. The van der Waals surface area contributed by atoms with E-state index in [0.717, 1.165) is 11.1 Å². The molecule has 1 aliphatic rings. The molecule has 1 heterocycles. The summed E-state index contributed by atoms with van der Waals surface area (Å²) in [7, 11) is 0. The Morgan fingerprint density at radius 2 is 1.97 bits per heavy atom. The molecule has 2 N–H and O–H groups in total. The first kappa shape index (κ1) is 24.1. The summed E-state index contributed by atoms with van der Waals surface area (Å²) < 4.78 is 5.63. The smallest absolute Gasteiger partial charge is 0.311 e. The van der Waals surface area contributed by atoms with E-state index in [2.05, 4.69) is 26.7 Å². The number of hydrogen-bond acceptors (Lipinski definition) is 7. The number of hydrogen-bond donors (Lipinski definition) is 2. The maximum atomic E-state index is 12.4. The van der Waals surface area contributed by atoms with Gasteiger partial charge in [0.05, 0.1) is 22.4 Å². The summed E-state index contributed by atoms with van der Waals surface area (Å²) in [5, 5.41) is 14.9. The quantitative estimate of drug-likeness (QED) is 0.312. The van der Waals surface area contributed by atoms with Crippen molar-refractivity contribution >= 4 is 62.6 Å². The van der Waals surface area contributed by atoms with Crippen molar-refractivity contribution < 1.29 is 28.8 Å². The first-order chi connectivity index (χ1) is 15.7. The Bertz CT molecular complexity index is 1140. The van der Waals surface area contributed by atoms with Crippen LogP contribution in [0, 0.1) is 16.0 Å². The van der Waals surface area contributed by atoms with Gasteiger partial charge in [-0.15, -0.1) is 0 Å². The van der Waals surface area contributed by atoms with E-state index in [-0.39, 0.29) is 18.5 Å². The Kier molecular flexibility index (Phi) is 7.61. The maximum Gasteiger partial charge on any atom is 0.311 e. The van der Waals surface area contributed by atoms with Gasteiger partial charge in [-0.1, -0.05) is 23.7 Å². The molecule has 0 saturated carbocycles. The molecule has 0 radical (unpaired) electrons. The minimum Gasteiger partial charge on any atom is -0.455 e. The number of benzene rings is 2. The van der Waals surface area contributed by atoms with Crippen LogP contribution in [0.5, 0.6) is 0 Å². The molecule has 1 saturated heterocycles. The van der Waals surface area contributed by atoms with Crippen LogP contribution in [-0.2, 0) is 19.1 Å². The Labute approximate surface area is 200 Å². The molecule has 0 unspecified atom stereocenters. The van der Waals surface area contributed by atoms with Crippen molar-refractivity contribution in [2.24, 2.45) is 5.92 Å². The highest BCUT2D eigenvalue weighted by Gasteiger charge is 2.37. The van der Waals surface area contributed by atoms with Crippen molar-refractivity contribution in [3.05, 3.63) is 67.6 Å². The Balaban J connectivity index is 1.52. The van der Waals surface area contributed by atoms with E-state index in [4.69, 9.17) is 16.3 Å². The molecule has 2 aromatic rings. The van der Waals surface area contributed by atoms with Crippen LogP contribution in [0.1, 0.15) is 16.8 Å². The zero-order valence-corrected chi connectivity index (χ0v) is 19.1. The number of para-hydroxylation sites is 1. The summed E-state index contributed by atoms with van der Waals surface area (Å²) in [5.74, 6) is -3.75. The van der Waals surface area contributed by atoms with Crippen LogP contribution in [0.25, 0.3) is 0 Å². The van der Waals surface area contributed by atoms with Crippen molar-refractivity contribution in [2.75, 3.05) is 18.5 Å². The third-order valence-electron chi connectivity index (χ3n) is 4.59. The molecular weight excluding hydrogens is 524 g/mol. The summed E-state index contributed by atoms with van der Waals surface area (Å²) in [6, 6.07) is 10.0. The van der Waals surface area contributed by atoms with Gasteiger partial charge < -0.3 is 10.1 Å². The van der Waals surface area contributed by atoms with Crippen LogP contribution >= 0.6 is 27.5 Å². The molecule has 0 bridgehead atoms. The lowest BCUT2D eigenvalue weighted by Gasteiger charge is -2.17. The number of rotatable bonds is 7. The van der Waals surface area contributed by atoms with Gasteiger partial charge in [0.15, 0.2) is 6.61 Å². The van der Waals surface area contributed by atoms with E-state index in [1.54, 1.807) is 12.1 Å². The molecule has 3 rings (SSSR count). The van der Waals surface area contributed by atoms with Gasteiger partial charge in [0.25, 0.3) is 17.5 Å². The molecule has 3 amide bonds. The molecule has 0 spiro atoms. The second kappa shape index (κ2) is 10.4. The van der Waals surface area contributed by atoms with E-state index in [1.807, 2.05) is 0 Å². The Morgan fingerprint density at radius 3 is 2.67 bits per heavy atom. The topological polar surface area (TPSA) is 148 Å². The number of nitrogens with one attached hydrogen (secondary N) is 2. The predicted molar refractivity (Wildman–Crippen MR) is 119 cm³/mol. The zero-order valence-electron chi connectivity index (χ0n) is 16.7. The molecule has 1 fully saturated rings. The highest BCUT2D eigenvalue weighted by Crippen LogP contribution is 2.25. The number of hydrazine groups is 1. The van der Waals surface area contributed by atoms with E-state index in [9.17, 15) is 29.3 Å². The Morgan fingerprint density at radius 1 is 1.24 bits per heavy atom. The number of amides is 3. The first-order valence-corrected chi connectivity index (χ1v) is 10.6. The minimum atomic E-state index is -0.918. The van der Waals surface area contributed by atoms with Crippen LogP contribution in [0.15, 0.2) is 46.9 Å². The number of nitro benzene ring substituents is 1. The number of anilines is 1. The van der Waals surface area contributed by atoms with Crippen molar-refractivity contribution in [1.82, 2.24) is 10.4 Å². The normalized spacial score (nSPS) is 15.2. The van der Waals surface area contributed by atoms with Crippen molar-refractivity contribution in [3.8, 4) is 0 Å². The summed E-state index contributed by atoms with van der Waals surface area (Å²) >= 11 is 9.18. The van der Waals surface area contributed by atoms with Crippen LogP contribution in [0.2, 0.25) is 5.02 Å².